The first kappa shape index (κ1) is 33.3. The molecule has 3 N–H and O–H groups in total. The van der Waals surface area contributed by atoms with Gasteiger partial charge in [0, 0.05) is 104 Å². The highest BCUT2D eigenvalue weighted by atomic mass is 35.5. The third kappa shape index (κ3) is 6.87. The predicted molar refractivity (Wildman–Crippen MR) is 212 cm³/mol. The topological polar surface area (TPSA) is 49.1 Å². The number of fused-ring (bicyclic) bond motifs is 9. The maximum atomic E-state index is 5.90. The number of hydrazine groups is 1. The van der Waals surface area contributed by atoms with Crippen LogP contribution in [0.25, 0.3) is 16.8 Å². The molecule has 6 atom stereocenters. The van der Waals surface area contributed by atoms with E-state index in [1.807, 2.05) is 12.1 Å². The van der Waals surface area contributed by atoms with E-state index in [1.165, 1.54) is 71.8 Å². The Bertz CT molecular complexity index is 1780. The Kier molecular flexibility index (Phi) is 9.65. The largest absolute Gasteiger partial charge is 0.366 e. The highest BCUT2D eigenvalue weighted by Crippen LogP contribution is 2.37. The van der Waals surface area contributed by atoms with E-state index in [0.717, 1.165) is 50.8 Å². The van der Waals surface area contributed by atoms with E-state index in [0.29, 0.717) is 36.3 Å². The van der Waals surface area contributed by atoms with Gasteiger partial charge in [-0.1, -0.05) is 72.3 Å². The molecule has 8 aliphatic rings. The molecule has 7 saturated heterocycles. The Labute approximate surface area is 308 Å². The van der Waals surface area contributed by atoms with Crippen LogP contribution >= 0.6 is 11.6 Å². The van der Waals surface area contributed by atoms with Crippen LogP contribution in [0.3, 0.4) is 0 Å². The zero-order valence-corrected chi connectivity index (χ0v) is 30.4. The predicted octanol–water partition coefficient (Wildman–Crippen LogP) is 6.89. The van der Waals surface area contributed by atoms with E-state index in [2.05, 4.69) is 127 Å². The lowest BCUT2D eigenvalue weighted by atomic mass is 9.92. The Balaban J connectivity index is 0.000000103. The van der Waals surface area contributed by atoms with Crippen molar-refractivity contribution in [3.8, 4) is 0 Å². The Morgan fingerprint density at radius 1 is 0.608 bits per heavy atom. The van der Waals surface area contributed by atoms with Crippen molar-refractivity contribution in [1.29, 1.82) is 0 Å². The van der Waals surface area contributed by atoms with Gasteiger partial charge in [-0.2, -0.15) is 0 Å². The number of nitrogens with zero attached hydrogens (tertiary/aromatic N) is 4. The average Bonchev–Trinajstić information content (AvgIpc) is 3.59. The first-order valence-corrected chi connectivity index (χ1v) is 19.8. The van der Waals surface area contributed by atoms with Gasteiger partial charge in [0.05, 0.1) is 6.54 Å². The summed E-state index contributed by atoms with van der Waals surface area (Å²) in [5, 5.41) is 19.3. The fraction of sp³-hybridized carbons (Fsp3) is 0.442. The molecule has 0 spiro atoms. The van der Waals surface area contributed by atoms with E-state index in [9.17, 15) is 0 Å². The van der Waals surface area contributed by atoms with Crippen LogP contribution in [0.5, 0.6) is 0 Å². The van der Waals surface area contributed by atoms with Crippen molar-refractivity contribution in [2.45, 2.75) is 81.3 Å². The molecule has 0 aromatic heterocycles. The van der Waals surface area contributed by atoms with Crippen LogP contribution in [0, 0.1) is 0 Å². The van der Waals surface area contributed by atoms with Crippen LogP contribution in [0.15, 0.2) is 97.2 Å². The summed E-state index contributed by atoms with van der Waals surface area (Å²) in [6, 6.07) is 36.5. The van der Waals surface area contributed by atoms with Crippen molar-refractivity contribution in [3.63, 3.8) is 0 Å². The summed E-state index contributed by atoms with van der Waals surface area (Å²) in [5.74, 6) is 0. The van der Waals surface area contributed by atoms with Gasteiger partial charge < -0.3 is 30.8 Å². The van der Waals surface area contributed by atoms with Crippen molar-refractivity contribution in [3.05, 3.63) is 113 Å². The molecular weight excluding hydrogens is 650 g/mol. The molecule has 7 fully saturated rings. The zero-order chi connectivity index (χ0) is 34.1. The Hall–Kier alpha value is -3.59. The van der Waals surface area contributed by atoms with E-state index in [1.54, 1.807) is 0 Å². The highest BCUT2D eigenvalue weighted by Gasteiger charge is 2.40. The number of halogens is 1. The van der Waals surface area contributed by atoms with Crippen molar-refractivity contribution in [1.82, 2.24) is 26.0 Å². The molecular formula is C43H52ClN7. The molecule has 6 bridgehead atoms. The lowest BCUT2D eigenvalue weighted by Crippen LogP contribution is -2.61. The summed E-state index contributed by atoms with van der Waals surface area (Å²) in [6.07, 6.45) is 12.5. The Morgan fingerprint density at radius 2 is 1.27 bits per heavy atom. The smallest absolute Gasteiger partial charge is 0.0596 e. The molecule has 6 unspecified atom stereocenters. The molecule has 7 nitrogen and oxygen atoms in total. The van der Waals surface area contributed by atoms with E-state index in [4.69, 9.17) is 11.6 Å². The van der Waals surface area contributed by atoms with Crippen molar-refractivity contribution < 1.29 is 0 Å². The molecule has 0 saturated carbocycles. The molecule has 12 rings (SSSR count). The number of piperidine rings is 2. The lowest BCUT2D eigenvalue weighted by Gasteiger charge is -2.47. The van der Waals surface area contributed by atoms with Gasteiger partial charge in [-0.3, -0.25) is 0 Å². The summed E-state index contributed by atoms with van der Waals surface area (Å²) in [5.41, 5.74) is 5.56. The minimum atomic E-state index is 0.677. The number of piperazine rings is 3. The van der Waals surface area contributed by atoms with Crippen LogP contribution in [-0.2, 0) is 6.54 Å². The minimum absolute atomic E-state index is 0.677. The fourth-order valence-corrected chi connectivity index (χ4v) is 9.96. The number of rotatable bonds is 3. The summed E-state index contributed by atoms with van der Waals surface area (Å²) < 4.78 is 0. The van der Waals surface area contributed by atoms with Gasteiger partial charge >= 0.3 is 0 Å². The van der Waals surface area contributed by atoms with Crippen LogP contribution in [-0.4, -0.2) is 85.5 Å². The molecule has 8 heterocycles. The summed E-state index contributed by atoms with van der Waals surface area (Å²) in [7, 11) is 0. The standard InChI is InChI=1S/C16H18N2.C15H19N3.C12H15ClN2/c1-2-6-15-12(4-1)5-3-7-16(15)18-13-8-9-14(18)11-17-10-13;1-2-4-13-11-17(8-7-12(13)3-1)18-14-5-6-15(18)10-16-9-14;13-9-1-4-11(5-2-9)15-8-10-3-6-12(15)7-14-10/h1-7,13-14,17H,8-11H2;1-4,7-8,14-16H,5-6,9-11H2;1-2,4-5,10,12,14H,3,6-8H2. The number of hydrogen-bond donors (Lipinski definition) is 3. The zero-order valence-electron chi connectivity index (χ0n) is 29.6. The third-order valence-electron chi connectivity index (χ3n) is 12.4. The number of benzene rings is 4. The van der Waals surface area contributed by atoms with Crippen molar-refractivity contribution in [2.24, 2.45) is 0 Å². The molecule has 0 amide bonds. The molecule has 266 valence electrons. The molecule has 8 heteroatoms. The monoisotopic (exact) mass is 701 g/mol. The van der Waals surface area contributed by atoms with Crippen LogP contribution < -0.4 is 25.8 Å². The second-order valence-corrected chi connectivity index (χ2v) is 15.9. The maximum absolute atomic E-state index is 5.90. The fourth-order valence-electron chi connectivity index (χ4n) is 9.83. The van der Waals surface area contributed by atoms with Gasteiger partial charge in [-0.15, -0.1) is 0 Å². The molecule has 0 radical (unpaired) electrons. The van der Waals surface area contributed by atoms with Gasteiger partial charge in [0.1, 0.15) is 0 Å². The summed E-state index contributed by atoms with van der Waals surface area (Å²) >= 11 is 5.90. The quantitative estimate of drug-likeness (QED) is 0.215. The molecule has 4 aromatic carbocycles. The van der Waals surface area contributed by atoms with E-state index < -0.39 is 0 Å². The van der Waals surface area contributed by atoms with Gasteiger partial charge in [0.2, 0.25) is 0 Å². The maximum Gasteiger partial charge on any atom is 0.0596 e. The Morgan fingerprint density at radius 3 is 2.00 bits per heavy atom. The first-order valence-electron chi connectivity index (χ1n) is 19.4. The second-order valence-electron chi connectivity index (χ2n) is 15.4. The van der Waals surface area contributed by atoms with Gasteiger partial charge in [-0.25, -0.2) is 5.01 Å². The van der Waals surface area contributed by atoms with E-state index >= 15 is 0 Å². The number of nitrogens with one attached hydrogen (secondary N) is 3. The van der Waals surface area contributed by atoms with E-state index in [-0.39, 0.29) is 0 Å². The second kappa shape index (κ2) is 14.8. The average molecular weight is 702 g/mol. The van der Waals surface area contributed by atoms with Crippen LogP contribution in [0.2, 0.25) is 5.02 Å². The molecule has 51 heavy (non-hydrogen) atoms. The van der Waals surface area contributed by atoms with Gasteiger partial charge in [0.15, 0.2) is 0 Å². The lowest BCUT2D eigenvalue weighted by molar-refractivity contribution is -0.0481. The molecule has 8 aliphatic heterocycles. The SMILES string of the molecule is C1=CN(N2C3CCC2CNC3)Cc2ccccc21.Clc1ccc(N2CC3CCC2CN3)cc1.c1ccc2c(N3C4CCC3CNC4)cccc2c1. The molecule has 4 aromatic rings. The van der Waals surface area contributed by atoms with Gasteiger partial charge in [0.25, 0.3) is 0 Å². The van der Waals surface area contributed by atoms with Crippen molar-refractivity contribution in [2.75, 3.05) is 49.1 Å². The normalized spacial score (nSPS) is 28.9. The first-order chi connectivity index (χ1) is 25.2. The highest BCUT2D eigenvalue weighted by molar-refractivity contribution is 6.30. The summed E-state index contributed by atoms with van der Waals surface area (Å²) in [4.78, 5) is 5.18. The van der Waals surface area contributed by atoms with Crippen LogP contribution in [0.1, 0.15) is 49.7 Å². The molecule has 0 aliphatic carbocycles. The van der Waals surface area contributed by atoms with Crippen molar-refractivity contribution >= 4 is 39.8 Å². The number of anilines is 2. The summed E-state index contributed by atoms with van der Waals surface area (Å²) in [6.45, 7) is 7.86. The third-order valence-corrected chi connectivity index (χ3v) is 12.6. The number of hydrogen-bond acceptors (Lipinski definition) is 7. The van der Waals surface area contributed by atoms with Gasteiger partial charge in [-0.05, 0) is 91.4 Å². The van der Waals surface area contributed by atoms with Crippen LogP contribution in [0.4, 0.5) is 11.4 Å². The minimum Gasteiger partial charge on any atom is -0.366 e.